The van der Waals surface area contributed by atoms with E-state index in [0.29, 0.717) is 0 Å². The van der Waals surface area contributed by atoms with Gasteiger partial charge in [0.15, 0.2) is 0 Å². The molecular weight excluding hydrogens is 132 g/mol. The van der Waals surface area contributed by atoms with Crippen molar-refractivity contribution in [3.05, 3.63) is 18.7 Å². The van der Waals surface area contributed by atoms with E-state index >= 15 is 0 Å². The van der Waals surface area contributed by atoms with Gasteiger partial charge in [-0.25, -0.2) is 4.98 Å². The van der Waals surface area contributed by atoms with Crippen molar-refractivity contribution in [1.29, 1.82) is 0 Å². The third-order valence-electron chi connectivity index (χ3n) is 1.20. The van der Waals surface area contributed by atoms with E-state index in [1.54, 1.807) is 0 Å². The molecule has 0 aliphatic carbocycles. The van der Waals surface area contributed by atoms with Gasteiger partial charge in [0.05, 0.1) is 6.33 Å². The highest BCUT2D eigenvalue weighted by molar-refractivity contribution is 5.59. The van der Waals surface area contributed by atoms with Crippen LogP contribution < -0.4 is 0 Å². The molecule has 53 valence electrons. The highest BCUT2D eigenvalue weighted by Crippen LogP contribution is 2.05. The Bertz CT molecular complexity index is 216. The molecular formula is C6H7N2O2. The standard InChI is InChI=1S/C6H7N2O2/c1-6(10,4-9)8-3-2-7-5-8/h2-3,5,10H,1H3. The third kappa shape index (κ3) is 1.06. The van der Waals surface area contributed by atoms with Gasteiger partial charge < -0.3 is 9.67 Å². The quantitative estimate of drug-likeness (QED) is 0.609. The maximum absolute atomic E-state index is 10.1. The van der Waals surface area contributed by atoms with E-state index in [9.17, 15) is 9.90 Å². The molecule has 0 aromatic carbocycles. The highest BCUT2D eigenvalue weighted by Gasteiger charge is 2.21. The lowest BCUT2D eigenvalue weighted by Crippen LogP contribution is -2.29. The molecule has 4 nitrogen and oxygen atoms in total. The predicted octanol–water partition coefficient (Wildman–Crippen LogP) is -0.342. The van der Waals surface area contributed by atoms with Crippen LogP contribution in [0.1, 0.15) is 6.92 Å². The molecule has 10 heavy (non-hydrogen) atoms. The van der Waals surface area contributed by atoms with E-state index in [0.717, 1.165) is 0 Å². The third-order valence-corrected chi connectivity index (χ3v) is 1.20. The Morgan fingerprint density at radius 3 is 2.90 bits per heavy atom. The molecule has 4 heteroatoms. The summed E-state index contributed by atoms with van der Waals surface area (Å²) in [6.07, 6.45) is 5.79. The molecule has 0 saturated carbocycles. The van der Waals surface area contributed by atoms with Gasteiger partial charge in [-0.05, 0) is 6.92 Å². The van der Waals surface area contributed by atoms with Crippen LogP contribution in [0.2, 0.25) is 0 Å². The average Bonchev–Trinajstić information content (AvgIpc) is 2.38. The molecule has 1 heterocycles. The van der Waals surface area contributed by atoms with E-state index in [4.69, 9.17) is 0 Å². The molecule has 1 rings (SSSR count). The van der Waals surface area contributed by atoms with E-state index < -0.39 is 5.72 Å². The summed E-state index contributed by atoms with van der Waals surface area (Å²) in [4.78, 5) is 13.8. The minimum Gasteiger partial charge on any atom is -0.364 e. The molecule has 1 unspecified atom stereocenters. The number of rotatable bonds is 2. The lowest BCUT2D eigenvalue weighted by atomic mass is 10.3. The van der Waals surface area contributed by atoms with Gasteiger partial charge in [-0.1, -0.05) is 0 Å². The van der Waals surface area contributed by atoms with Crippen molar-refractivity contribution < 1.29 is 9.90 Å². The average molecular weight is 139 g/mol. The van der Waals surface area contributed by atoms with Crippen LogP contribution >= 0.6 is 0 Å². The fourth-order valence-electron chi connectivity index (χ4n) is 0.569. The number of nitrogens with zero attached hydrogens (tertiary/aromatic N) is 2. The van der Waals surface area contributed by atoms with Crippen LogP contribution in [0, 0.1) is 0 Å². The molecule has 0 aliphatic rings. The topological polar surface area (TPSA) is 55.1 Å². The number of carbonyl (C=O) groups excluding carboxylic acids is 1. The molecule has 1 atom stereocenters. The van der Waals surface area contributed by atoms with Crippen molar-refractivity contribution in [2.45, 2.75) is 12.6 Å². The zero-order chi connectivity index (χ0) is 7.61. The lowest BCUT2D eigenvalue weighted by molar-refractivity contribution is 0.0526. The second kappa shape index (κ2) is 2.22. The summed E-state index contributed by atoms with van der Waals surface area (Å²) in [5.74, 6) is 0. The molecule has 0 bridgehead atoms. The molecule has 1 aromatic rings. The van der Waals surface area contributed by atoms with Crippen LogP contribution in [0.4, 0.5) is 0 Å². The first-order chi connectivity index (χ1) is 4.67. The normalized spacial score (nSPS) is 16.2. The molecule has 1 aromatic heterocycles. The van der Waals surface area contributed by atoms with Gasteiger partial charge in [-0.2, -0.15) is 0 Å². The number of hydrogen-bond acceptors (Lipinski definition) is 3. The number of aromatic nitrogens is 2. The first-order valence-electron chi connectivity index (χ1n) is 2.77. The molecule has 0 amide bonds. The van der Waals surface area contributed by atoms with Gasteiger partial charge in [-0.15, -0.1) is 0 Å². The molecule has 1 radical (unpaired) electrons. The van der Waals surface area contributed by atoms with E-state index in [1.165, 1.54) is 36.5 Å². The van der Waals surface area contributed by atoms with Gasteiger partial charge >= 0.3 is 0 Å². The first-order valence-corrected chi connectivity index (χ1v) is 2.77. The second-order valence-electron chi connectivity index (χ2n) is 2.09. The molecule has 0 saturated heterocycles. The zero-order valence-electron chi connectivity index (χ0n) is 5.48. The minimum absolute atomic E-state index is 1.26. The summed E-state index contributed by atoms with van der Waals surface area (Å²) < 4.78 is 1.26. The maximum atomic E-state index is 10.1. The van der Waals surface area contributed by atoms with Gasteiger partial charge in [-0.3, -0.25) is 4.79 Å². The Kier molecular flexibility index (Phi) is 1.55. The van der Waals surface area contributed by atoms with Crippen LogP contribution in [0.15, 0.2) is 18.7 Å². The monoisotopic (exact) mass is 139 g/mol. The summed E-state index contributed by atoms with van der Waals surface area (Å²) in [7, 11) is 0. The van der Waals surface area contributed by atoms with Crippen molar-refractivity contribution in [3.8, 4) is 0 Å². The number of imidazole rings is 1. The largest absolute Gasteiger partial charge is 0.364 e. The summed E-state index contributed by atoms with van der Waals surface area (Å²) in [5, 5.41) is 9.18. The van der Waals surface area contributed by atoms with Crippen molar-refractivity contribution in [2.75, 3.05) is 0 Å². The summed E-state index contributed by atoms with van der Waals surface area (Å²) >= 11 is 0. The van der Waals surface area contributed by atoms with Crippen LogP contribution in [-0.4, -0.2) is 20.9 Å². The van der Waals surface area contributed by atoms with Gasteiger partial charge in [0.2, 0.25) is 5.72 Å². The Morgan fingerprint density at radius 1 is 1.80 bits per heavy atom. The summed E-state index contributed by atoms with van der Waals surface area (Å²) in [6.45, 7) is 1.34. The molecule has 0 aliphatic heterocycles. The fourth-order valence-corrected chi connectivity index (χ4v) is 0.569. The summed E-state index contributed by atoms with van der Waals surface area (Å²) in [6, 6.07) is 0. The zero-order valence-corrected chi connectivity index (χ0v) is 5.48. The molecule has 1 N–H and O–H groups in total. The fraction of sp³-hybridized carbons (Fsp3) is 0.333. The van der Waals surface area contributed by atoms with E-state index in [1.807, 2.05) is 0 Å². The van der Waals surface area contributed by atoms with Crippen molar-refractivity contribution in [2.24, 2.45) is 0 Å². The van der Waals surface area contributed by atoms with E-state index in [-0.39, 0.29) is 0 Å². The Labute approximate surface area is 58.1 Å². The SMILES string of the molecule is CC(O)([C]=O)n1ccnc1. The van der Waals surface area contributed by atoms with Crippen LogP contribution in [0.25, 0.3) is 0 Å². The predicted molar refractivity (Wildman–Crippen MR) is 33.8 cm³/mol. The van der Waals surface area contributed by atoms with E-state index in [2.05, 4.69) is 4.98 Å². The Balaban J connectivity index is 2.95. The van der Waals surface area contributed by atoms with Gasteiger partial charge in [0, 0.05) is 12.4 Å². The van der Waals surface area contributed by atoms with Crippen molar-refractivity contribution in [1.82, 2.24) is 9.55 Å². The Hall–Kier alpha value is -1.16. The van der Waals surface area contributed by atoms with Gasteiger partial charge in [0.1, 0.15) is 0 Å². The first kappa shape index (κ1) is 6.95. The van der Waals surface area contributed by atoms with Crippen molar-refractivity contribution >= 4 is 6.29 Å². The number of aliphatic hydroxyl groups is 1. The molecule has 0 spiro atoms. The smallest absolute Gasteiger partial charge is 0.255 e. The van der Waals surface area contributed by atoms with Crippen LogP contribution in [0.3, 0.4) is 0 Å². The second-order valence-corrected chi connectivity index (χ2v) is 2.09. The Morgan fingerprint density at radius 2 is 2.50 bits per heavy atom. The van der Waals surface area contributed by atoms with Crippen LogP contribution in [0.5, 0.6) is 0 Å². The van der Waals surface area contributed by atoms with Gasteiger partial charge in [0.25, 0.3) is 6.29 Å². The molecule has 0 fully saturated rings. The highest BCUT2D eigenvalue weighted by atomic mass is 16.3. The number of hydrogen-bond donors (Lipinski definition) is 1. The summed E-state index contributed by atoms with van der Waals surface area (Å²) in [5.41, 5.74) is -1.59. The minimum atomic E-state index is -1.59. The van der Waals surface area contributed by atoms with Crippen LogP contribution in [-0.2, 0) is 10.5 Å². The van der Waals surface area contributed by atoms with Crippen molar-refractivity contribution in [3.63, 3.8) is 0 Å². The maximum Gasteiger partial charge on any atom is 0.255 e. The lowest BCUT2D eigenvalue weighted by Gasteiger charge is -2.14.